The molecule has 4 heteroatoms. The number of carbonyl (C=O) groups excluding carboxylic acids is 1. The predicted molar refractivity (Wildman–Crippen MR) is 101 cm³/mol. The SMILES string of the molecule is CC(=O)Nc1ccc(Nc2ccc(N3CCC(C)CC3)cc2)cc1. The van der Waals surface area contributed by atoms with E-state index in [1.54, 1.807) is 0 Å². The molecule has 0 aliphatic carbocycles. The van der Waals surface area contributed by atoms with E-state index in [2.05, 4.69) is 46.7 Å². The fourth-order valence-electron chi connectivity index (χ4n) is 3.03. The molecule has 0 unspecified atom stereocenters. The molecular formula is C20H25N3O. The first-order chi connectivity index (χ1) is 11.6. The number of piperidine rings is 1. The van der Waals surface area contributed by atoms with Crippen molar-refractivity contribution >= 4 is 28.7 Å². The number of rotatable bonds is 4. The van der Waals surface area contributed by atoms with E-state index in [0.29, 0.717) is 0 Å². The van der Waals surface area contributed by atoms with Gasteiger partial charge in [-0.2, -0.15) is 0 Å². The van der Waals surface area contributed by atoms with Gasteiger partial charge in [-0.15, -0.1) is 0 Å². The molecule has 2 N–H and O–H groups in total. The second kappa shape index (κ2) is 7.39. The Balaban J connectivity index is 1.60. The van der Waals surface area contributed by atoms with Gasteiger partial charge in [-0.25, -0.2) is 0 Å². The standard InChI is InChI=1S/C20H25N3O/c1-15-11-13-23(14-12-15)20-9-7-19(8-10-20)22-18-5-3-17(4-6-18)21-16(2)24/h3-10,15,22H,11-14H2,1-2H3,(H,21,24). The molecule has 3 rings (SSSR count). The third-order valence-electron chi connectivity index (χ3n) is 4.51. The van der Waals surface area contributed by atoms with Crippen LogP contribution in [0.2, 0.25) is 0 Å². The van der Waals surface area contributed by atoms with Crippen LogP contribution in [0, 0.1) is 5.92 Å². The molecular weight excluding hydrogens is 298 g/mol. The summed E-state index contributed by atoms with van der Waals surface area (Å²) >= 11 is 0. The van der Waals surface area contributed by atoms with E-state index in [-0.39, 0.29) is 5.91 Å². The molecule has 4 nitrogen and oxygen atoms in total. The molecule has 1 amide bonds. The summed E-state index contributed by atoms with van der Waals surface area (Å²) in [6, 6.07) is 16.3. The lowest BCUT2D eigenvalue weighted by molar-refractivity contribution is -0.114. The van der Waals surface area contributed by atoms with Gasteiger partial charge in [0.2, 0.25) is 5.91 Å². The first-order valence-electron chi connectivity index (χ1n) is 8.60. The first kappa shape index (κ1) is 16.4. The largest absolute Gasteiger partial charge is 0.372 e. The van der Waals surface area contributed by atoms with Crippen molar-refractivity contribution < 1.29 is 4.79 Å². The maximum Gasteiger partial charge on any atom is 0.221 e. The molecule has 1 aliphatic rings. The van der Waals surface area contributed by atoms with E-state index in [0.717, 1.165) is 36.1 Å². The third kappa shape index (κ3) is 4.28. The van der Waals surface area contributed by atoms with Crippen molar-refractivity contribution in [3.63, 3.8) is 0 Å². The van der Waals surface area contributed by atoms with Gasteiger partial charge in [0.05, 0.1) is 0 Å². The molecule has 2 aromatic rings. The van der Waals surface area contributed by atoms with Crippen LogP contribution in [0.3, 0.4) is 0 Å². The van der Waals surface area contributed by atoms with Crippen LogP contribution in [0.1, 0.15) is 26.7 Å². The van der Waals surface area contributed by atoms with E-state index in [4.69, 9.17) is 0 Å². The predicted octanol–water partition coefficient (Wildman–Crippen LogP) is 4.62. The minimum atomic E-state index is -0.0570. The summed E-state index contributed by atoms with van der Waals surface area (Å²) < 4.78 is 0. The van der Waals surface area contributed by atoms with Gasteiger partial charge in [0, 0.05) is 42.8 Å². The molecule has 1 fully saturated rings. The Morgan fingerprint density at radius 3 is 1.96 bits per heavy atom. The van der Waals surface area contributed by atoms with Gasteiger partial charge in [0.15, 0.2) is 0 Å². The van der Waals surface area contributed by atoms with Crippen molar-refractivity contribution in [1.82, 2.24) is 0 Å². The summed E-state index contributed by atoms with van der Waals surface area (Å²) in [6.07, 6.45) is 2.56. The Morgan fingerprint density at radius 2 is 1.42 bits per heavy atom. The summed E-state index contributed by atoms with van der Waals surface area (Å²) in [7, 11) is 0. The van der Waals surface area contributed by atoms with E-state index in [1.165, 1.54) is 25.5 Å². The second-order valence-corrected chi connectivity index (χ2v) is 6.60. The Bertz CT molecular complexity index is 671. The Labute approximate surface area is 143 Å². The van der Waals surface area contributed by atoms with Crippen LogP contribution < -0.4 is 15.5 Å². The molecule has 0 aromatic heterocycles. The highest BCUT2D eigenvalue weighted by molar-refractivity contribution is 5.88. The smallest absolute Gasteiger partial charge is 0.221 e. The third-order valence-corrected chi connectivity index (χ3v) is 4.51. The fourth-order valence-corrected chi connectivity index (χ4v) is 3.03. The van der Waals surface area contributed by atoms with Gasteiger partial charge in [0.1, 0.15) is 0 Å². The zero-order chi connectivity index (χ0) is 16.9. The first-order valence-corrected chi connectivity index (χ1v) is 8.60. The van der Waals surface area contributed by atoms with Crippen LogP contribution >= 0.6 is 0 Å². The topological polar surface area (TPSA) is 44.4 Å². The summed E-state index contributed by atoms with van der Waals surface area (Å²) in [5.74, 6) is 0.793. The zero-order valence-electron chi connectivity index (χ0n) is 14.4. The Kier molecular flexibility index (Phi) is 5.04. The monoisotopic (exact) mass is 323 g/mol. The average molecular weight is 323 g/mol. The molecule has 126 valence electrons. The van der Waals surface area contributed by atoms with Gasteiger partial charge in [-0.1, -0.05) is 6.92 Å². The normalized spacial score (nSPS) is 15.2. The van der Waals surface area contributed by atoms with Gasteiger partial charge in [0.25, 0.3) is 0 Å². The summed E-state index contributed by atoms with van der Waals surface area (Å²) in [4.78, 5) is 13.5. The molecule has 0 atom stereocenters. The Morgan fingerprint density at radius 1 is 0.917 bits per heavy atom. The van der Waals surface area contributed by atoms with Gasteiger partial charge < -0.3 is 15.5 Å². The Hall–Kier alpha value is -2.49. The van der Waals surface area contributed by atoms with Crippen molar-refractivity contribution in [2.45, 2.75) is 26.7 Å². The fraction of sp³-hybridized carbons (Fsp3) is 0.350. The number of hydrogen-bond donors (Lipinski definition) is 2. The van der Waals surface area contributed by atoms with Gasteiger partial charge in [-0.05, 0) is 67.3 Å². The maximum absolute atomic E-state index is 11.0. The molecule has 1 saturated heterocycles. The van der Waals surface area contributed by atoms with Crippen molar-refractivity contribution in [3.05, 3.63) is 48.5 Å². The van der Waals surface area contributed by atoms with Crippen LogP contribution in [0.4, 0.5) is 22.7 Å². The van der Waals surface area contributed by atoms with E-state index < -0.39 is 0 Å². The van der Waals surface area contributed by atoms with Gasteiger partial charge >= 0.3 is 0 Å². The minimum absolute atomic E-state index is 0.0570. The van der Waals surface area contributed by atoms with Gasteiger partial charge in [-0.3, -0.25) is 4.79 Å². The molecule has 0 bridgehead atoms. The molecule has 0 saturated carbocycles. The molecule has 0 spiro atoms. The van der Waals surface area contributed by atoms with Crippen molar-refractivity contribution in [2.24, 2.45) is 5.92 Å². The van der Waals surface area contributed by atoms with E-state index in [9.17, 15) is 4.79 Å². The molecule has 1 aliphatic heterocycles. The molecule has 0 radical (unpaired) electrons. The molecule has 1 heterocycles. The number of benzene rings is 2. The lowest BCUT2D eigenvalue weighted by Crippen LogP contribution is -2.32. The van der Waals surface area contributed by atoms with Crippen LogP contribution in [0.15, 0.2) is 48.5 Å². The number of amides is 1. The number of carbonyl (C=O) groups is 1. The van der Waals surface area contributed by atoms with Crippen LogP contribution in [-0.4, -0.2) is 19.0 Å². The van der Waals surface area contributed by atoms with Crippen molar-refractivity contribution in [2.75, 3.05) is 28.6 Å². The second-order valence-electron chi connectivity index (χ2n) is 6.60. The van der Waals surface area contributed by atoms with E-state index >= 15 is 0 Å². The summed E-state index contributed by atoms with van der Waals surface area (Å²) in [5.41, 5.74) is 4.18. The number of hydrogen-bond acceptors (Lipinski definition) is 3. The van der Waals surface area contributed by atoms with Crippen molar-refractivity contribution in [3.8, 4) is 0 Å². The van der Waals surface area contributed by atoms with Crippen LogP contribution in [0.25, 0.3) is 0 Å². The van der Waals surface area contributed by atoms with Crippen LogP contribution in [-0.2, 0) is 4.79 Å². The lowest BCUT2D eigenvalue weighted by Gasteiger charge is -2.32. The maximum atomic E-state index is 11.0. The highest BCUT2D eigenvalue weighted by atomic mass is 16.1. The lowest BCUT2D eigenvalue weighted by atomic mass is 9.99. The number of nitrogens with zero attached hydrogens (tertiary/aromatic N) is 1. The van der Waals surface area contributed by atoms with Crippen molar-refractivity contribution in [1.29, 1.82) is 0 Å². The molecule has 24 heavy (non-hydrogen) atoms. The number of nitrogens with one attached hydrogen (secondary N) is 2. The average Bonchev–Trinajstić information content (AvgIpc) is 2.58. The van der Waals surface area contributed by atoms with E-state index in [1.807, 2.05) is 24.3 Å². The highest BCUT2D eigenvalue weighted by Gasteiger charge is 2.15. The number of anilines is 4. The van der Waals surface area contributed by atoms with Crippen LogP contribution in [0.5, 0.6) is 0 Å². The molecule has 2 aromatic carbocycles. The highest BCUT2D eigenvalue weighted by Crippen LogP contribution is 2.25. The summed E-state index contributed by atoms with van der Waals surface area (Å²) in [6.45, 7) is 6.15. The minimum Gasteiger partial charge on any atom is -0.372 e. The summed E-state index contributed by atoms with van der Waals surface area (Å²) in [5, 5.41) is 6.16. The zero-order valence-corrected chi connectivity index (χ0v) is 14.4. The quantitative estimate of drug-likeness (QED) is 0.862.